The number of imidazole rings is 1. The number of H-pyrrole nitrogens is 1. The second kappa shape index (κ2) is 3.09. The van der Waals surface area contributed by atoms with Gasteiger partial charge in [0.15, 0.2) is 5.65 Å². The minimum Gasteiger partial charge on any atom is -0.387 e. The van der Waals surface area contributed by atoms with Crippen LogP contribution < -0.4 is 0 Å². The highest BCUT2D eigenvalue weighted by Gasteiger charge is 2.15. The molecule has 2 aromatic heterocycles. The zero-order chi connectivity index (χ0) is 11.3. The van der Waals surface area contributed by atoms with Crippen LogP contribution in [0.3, 0.4) is 0 Å². The fraction of sp³-hybridized carbons (Fsp3) is 0.250. The number of aromatic nitrogens is 3. The Bertz CT molecular complexity index is 663. The Kier molecular flexibility index (Phi) is 1.82. The van der Waals surface area contributed by atoms with Crippen molar-refractivity contribution in [2.75, 3.05) is 0 Å². The van der Waals surface area contributed by atoms with Gasteiger partial charge in [0.25, 0.3) is 0 Å². The second-order valence-electron chi connectivity index (χ2n) is 4.09. The number of nitrogens with zero attached hydrogens (tertiary/aromatic N) is 2. The maximum absolute atomic E-state index is 9.62. The Hall–Kier alpha value is -1.81. The largest absolute Gasteiger partial charge is 0.387 e. The zero-order valence-corrected chi connectivity index (χ0v) is 9.23. The molecule has 1 atom stereocenters. The smallest absolute Gasteiger partial charge is 0.157 e. The molecule has 2 heterocycles. The molecule has 3 aromatic rings. The van der Waals surface area contributed by atoms with E-state index in [0.717, 1.165) is 27.9 Å². The van der Waals surface area contributed by atoms with Gasteiger partial charge in [0.2, 0.25) is 0 Å². The van der Waals surface area contributed by atoms with E-state index in [-0.39, 0.29) is 0 Å². The Morgan fingerprint density at radius 2 is 2.12 bits per heavy atom. The Balaban J connectivity index is 2.44. The number of benzene rings is 1. The third kappa shape index (κ3) is 1.10. The number of hydrogen-bond donors (Lipinski definition) is 2. The molecule has 1 unspecified atom stereocenters. The average molecular weight is 215 g/mol. The van der Waals surface area contributed by atoms with E-state index < -0.39 is 6.10 Å². The monoisotopic (exact) mass is 215 g/mol. The van der Waals surface area contributed by atoms with Crippen molar-refractivity contribution in [1.82, 2.24) is 14.6 Å². The second-order valence-corrected chi connectivity index (χ2v) is 4.09. The molecule has 0 spiro atoms. The SMILES string of the molecule is Cc1c(C(C)O)[nH]n2c1nc1ccccc12. The number of aliphatic hydroxyl groups excluding tert-OH is 1. The van der Waals surface area contributed by atoms with Gasteiger partial charge >= 0.3 is 0 Å². The van der Waals surface area contributed by atoms with Gasteiger partial charge in [-0.05, 0) is 26.0 Å². The van der Waals surface area contributed by atoms with E-state index in [1.54, 1.807) is 6.92 Å². The van der Waals surface area contributed by atoms with Gasteiger partial charge in [0.1, 0.15) is 0 Å². The number of aromatic amines is 1. The van der Waals surface area contributed by atoms with Crippen molar-refractivity contribution in [2.45, 2.75) is 20.0 Å². The molecule has 4 heteroatoms. The predicted octanol–water partition coefficient (Wildman–Crippen LogP) is 2.18. The molecule has 0 aliphatic rings. The summed E-state index contributed by atoms with van der Waals surface area (Å²) >= 11 is 0. The molecule has 0 saturated heterocycles. The third-order valence-electron chi connectivity index (χ3n) is 2.95. The summed E-state index contributed by atoms with van der Waals surface area (Å²) in [6.45, 7) is 3.72. The molecule has 0 aliphatic heterocycles. The number of fused-ring (bicyclic) bond motifs is 3. The molecule has 16 heavy (non-hydrogen) atoms. The van der Waals surface area contributed by atoms with Gasteiger partial charge in [-0.3, -0.25) is 5.10 Å². The van der Waals surface area contributed by atoms with Crippen LogP contribution in [0.4, 0.5) is 0 Å². The van der Waals surface area contributed by atoms with Crippen LogP contribution in [0.25, 0.3) is 16.7 Å². The Morgan fingerprint density at radius 3 is 2.88 bits per heavy atom. The molecule has 0 saturated carbocycles. The molecule has 0 aliphatic carbocycles. The van der Waals surface area contributed by atoms with Crippen LogP contribution in [0, 0.1) is 6.92 Å². The van der Waals surface area contributed by atoms with Crippen molar-refractivity contribution in [3.63, 3.8) is 0 Å². The summed E-state index contributed by atoms with van der Waals surface area (Å²) < 4.78 is 1.92. The molecule has 3 rings (SSSR count). The van der Waals surface area contributed by atoms with Crippen LogP contribution in [-0.4, -0.2) is 19.7 Å². The van der Waals surface area contributed by atoms with E-state index in [2.05, 4.69) is 10.1 Å². The summed E-state index contributed by atoms with van der Waals surface area (Å²) in [5.74, 6) is 0. The highest BCUT2D eigenvalue weighted by Crippen LogP contribution is 2.23. The quantitative estimate of drug-likeness (QED) is 0.653. The maximum Gasteiger partial charge on any atom is 0.157 e. The van der Waals surface area contributed by atoms with Crippen molar-refractivity contribution in [3.8, 4) is 0 Å². The maximum atomic E-state index is 9.62. The normalized spacial score (nSPS) is 13.7. The number of nitrogens with one attached hydrogen (secondary N) is 1. The fourth-order valence-corrected chi connectivity index (χ4v) is 2.12. The number of rotatable bonds is 1. The van der Waals surface area contributed by atoms with E-state index in [1.807, 2.05) is 35.7 Å². The molecular formula is C12H13N3O. The summed E-state index contributed by atoms with van der Waals surface area (Å²) in [7, 11) is 0. The first kappa shape index (κ1) is 9.42. The van der Waals surface area contributed by atoms with Crippen molar-refractivity contribution < 1.29 is 5.11 Å². The molecule has 0 fully saturated rings. The fourth-order valence-electron chi connectivity index (χ4n) is 2.12. The predicted molar refractivity (Wildman–Crippen MR) is 62.4 cm³/mol. The first-order valence-electron chi connectivity index (χ1n) is 5.32. The van der Waals surface area contributed by atoms with E-state index in [0.29, 0.717) is 0 Å². The van der Waals surface area contributed by atoms with Crippen LogP contribution >= 0.6 is 0 Å². The lowest BCUT2D eigenvalue weighted by atomic mass is 10.2. The summed E-state index contributed by atoms with van der Waals surface area (Å²) in [4.78, 5) is 4.54. The molecule has 2 N–H and O–H groups in total. The molecule has 4 nitrogen and oxygen atoms in total. The molecule has 0 amide bonds. The molecular weight excluding hydrogens is 202 g/mol. The third-order valence-corrected chi connectivity index (χ3v) is 2.95. The lowest BCUT2D eigenvalue weighted by molar-refractivity contribution is 0.193. The van der Waals surface area contributed by atoms with Gasteiger partial charge in [-0.15, -0.1) is 0 Å². The topological polar surface area (TPSA) is 53.3 Å². The highest BCUT2D eigenvalue weighted by molar-refractivity contribution is 5.81. The van der Waals surface area contributed by atoms with Crippen molar-refractivity contribution >= 4 is 16.7 Å². The van der Waals surface area contributed by atoms with Crippen LogP contribution in [0.15, 0.2) is 24.3 Å². The van der Waals surface area contributed by atoms with E-state index in [4.69, 9.17) is 0 Å². The highest BCUT2D eigenvalue weighted by atomic mass is 16.3. The lowest BCUT2D eigenvalue weighted by Crippen LogP contribution is -1.95. The number of hydrogen-bond acceptors (Lipinski definition) is 2. The molecule has 82 valence electrons. The van der Waals surface area contributed by atoms with Crippen molar-refractivity contribution in [1.29, 1.82) is 0 Å². The first-order chi connectivity index (χ1) is 7.68. The Labute approximate surface area is 92.5 Å². The summed E-state index contributed by atoms with van der Waals surface area (Å²) in [6.07, 6.45) is -0.500. The van der Waals surface area contributed by atoms with Gasteiger partial charge in [-0.1, -0.05) is 12.1 Å². The van der Waals surface area contributed by atoms with Gasteiger partial charge < -0.3 is 5.11 Å². The van der Waals surface area contributed by atoms with Gasteiger partial charge in [-0.25, -0.2) is 9.50 Å². The average Bonchev–Trinajstić information content (AvgIpc) is 2.76. The van der Waals surface area contributed by atoms with Gasteiger partial charge in [0, 0.05) is 5.56 Å². The number of para-hydroxylation sites is 2. The van der Waals surface area contributed by atoms with Gasteiger partial charge in [0.05, 0.1) is 22.8 Å². The molecule has 0 bridgehead atoms. The van der Waals surface area contributed by atoms with Crippen LogP contribution in [0.1, 0.15) is 24.3 Å². The van der Waals surface area contributed by atoms with Crippen molar-refractivity contribution in [2.24, 2.45) is 0 Å². The zero-order valence-electron chi connectivity index (χ0n) is 9.23. The summed E-state index contributed by atoms with van der Waals surface area (Å²) in [5, 5.41) is 12.8. The Morgan fingerprint density at radius 1 is 1.38 bits per heavy atom. The molecule has 1 aromatic carbocycles. The van der Waals surface area contributed by atoms with Crippen LogP contribution in [0.5, 0.6) is 0 Å². The standard InChI is InChI=1S/C12H13N3O/c1-7-11(8(2)16)14-15-10-6-4-3-5-9(10)13-12(7)15/h3-6,8,14,16H,1-2H3. The lowest BCUT2D eigenvalue weighted by Gasteiger charge is -2.01. The minimum atomic E-state index is -0.500. The van der Waals surface area contributed by atoms with E-state index in [1.165, 1.54) is 0 Å². The van der Waals surface area contributed by atoms with E-state index in [9.17, 15) is 5.11 Å². The number of aryl methyl sites for hydroxylation is 1. The molecule has 0 radical (unpaired) electrons. The van der Waals surface area contributed by atoms with Crippen LogP contribution in [-0.2, 0) is 0 Å². The van der Waals surface area contributed by atoms with E-state index >= 15 is 0 Å². The summed E-state index contributed by atoms with van der Waals surface area (Å²) in [6, 6.07) is 7.95. The minimum absolute atomic E-state index is 0.500. The van der Waals surface area contributed by atoms with Gasteiger partial charge in [-0.2, -0.15) is 0 Å². The van der Waals surface area contributed by atoms with Crippen molar-refractivity contribution in [3.05, 3.63) is 35.5 Å². The summed E-state index contributed by atoms with van der Waals surface area (Å²) in [5.41, 5.74) is 4.72. The number of aliphatic hydroxyl groups is 1. The first-order valence-corrected chi connectivity index (χ1v) is 5.32. The van der Waals surface area contributed by atoms with Crippen LogP contribution in [0.2, 0.25) is 0 Å².